The molecule has 12 nitrogen and oxygen atoms in total. The van der Waals surface area contributed by atoms with Gasteiger partial charge in [-0.2, -0.15) is 0 Å². The fourth-order valence-electron chi connectivity index (χ4n) is 5.26. The average molecular weight is 642 g/mol. The average Bonchev–Trinajstić information content (AvgIpc) is 3.46. The summed E-state index contributed by atoms with van der Waals surface area (Å²) >= 11 is 0. The Labute approximate surface area is 269 Å². The first-order valence-corrected chi connectivity index (χ1v) is 14.9. The number of carbonyl (C=O) groups excluding carboxylic acids is 6. The summed E-state index contributed by atoms with van der Waals surface area (Å²) in [5.74, 6) is -3.24. The molecule has 0 aromatic heterocycles. The molecule has 3 aromatic rings. The third-order valence-corrected chi connectivity index (χ3v) is 7.81. The van der Waals surface area contributed by atoms with Crippen LogP contribution < -0.4 is 14.2 Å². The van der Waals surface area contributed by atoms with Gasteiger partial charge in [0, 0.05) is 41.7 Å². The highest BCUT2D eigenvalue weighted by molar-refractivity contribution is 6.04. The van der Waals surface area contributed by atoms with Gasteiger partial charge in [0.25, 0.3) is 11.8 Å². The summed E-state index contributed by atoms with van der Waals surface area (Å²) in [5.41, 5.74) is -2.06. The van der Waals surface area contributed by atoms with Gasteiger partial charge in [0.1, 0.15) is 23.0 Å². The number of nitrogens with zero attached hydrogens (tertiary/aromatic N) is 1. The maximum absolute atomic E-state index is 13.6. The van der Waals surface area contributed by atoms with Gasteiger partial charge in [0.2, 0.25) is 0 Å². The number of imide groups is 1. The molecule has 1 fully saturated rings. The third kappa shape index (κ3) is 5.39. The van der Waals surface area contributed by atoms with E-state index in [1.807, 2.05) is 0 Å². The van der Waals surface area contributed by atoms with Crippen molar-refractivity contribution < 1.29 is 52.6 Å². The van der Waals surface area contributed by atoms with E-state index in [-0.39, 0.29) is 47.0 Å². The first-order valence-electron chi connectivity index (χ1n) is 14.9. The molecule has 3 heterocycles. The topological polar surface area (TPSA) is 152 Å². The maximum Gasteiger partial charge on any atom is 0.363 e. The summed E-state index contributed by atoms with van der Waals surface area (Å²) in [6, 6.07) is 13.5. The predicted molar refractivity (Wildman–Crippen MR) is 161 cm³/mol. The number of fused-ring (bicyclic) bond motifs is 6. The Morgan fingerprint density at radius 2 is 1.19 bits per heavy atom. The highest BCUT2D eigenvalue weighted by Crippen LogP contribution is 2.57. The van der Waals surface area contributed by atoms with Gasteiger partial charge in [0.05, 0.1) is 22.0 Å². The molecule has 3 aromatic carbocycles. The normalized spacial score (nSPS) is 16.1. The third-order valence-electron chi connectivity index (χ3n) is 7.81. The second-order valence-corrected chi connectivity index (χ2v) is 13.5. The van der Waals surface area contributed by atoms with Crippen LogP contribution in [0.25, 0.3) is 0 Å². The minimum atomic E-state index is -1.59. The van der Waals surface area contributed by atoms with Crippen LogP contribution in [0.5, 0.6) is 23.0 Å². The fraction of sp³-hybridized carbons (Fsp3) is 0.314. The molecule has 0 N–H and O–H groups in total. The zero-order chi connectivity index (χ0) is 34.1. The van der Waals surface area contributed by atoms with Gasteiger partial charge in [0.15, 0.2) is 5.60 Å². The van der Waals surface area contributed by atoms with E-state index in [4.69, 9.17) is 23.8 Å². The van der Waals surface area contributed by atoms with Crippen LogP contribution in [-0.2, 0) is 34.4 Å². The summed E-state index contributed by atoms with van der Waals surface area (Å²) in [5, 5.41) is 0.425. The lowest BCUT2D eigenvalue weighted by molar-refractivity contribution is -0.172. The van der Waals surface area contributed by atoms with Gasteiger partial charge in [-0.05, 0) is 77.9 Å². The molecule has 12 heteroatoms. The second-order valence-electron chi connectivity index (χ2n) is 13.5. The summed E-state index contributed by atoms with van der Waals surface area (Å²) in [6.07, 6.45) is -0.138. The van der Waals surface area contributed by atoms with Crippen molar-refractivity contribution in [1.82, 2.24) is 5.06 Å². The van der Waals surface area contributed by atoms with E-state index in [1.54, 1.807) is 65.8 Å². The van der Waals surface area contributed by atoms with Gasteiger partial charge in [-0.1, -0.05) is 6.07 Å². The molecule has 0 atom stereocenters. The number of ether oxygens (including phenoxy) is 4. The molecule has 0 bridgehead atoms. The highest BCUT2D eigenvalue weighted by atomic mass is 16.7. The van der Waals surface area contributed by atoms with Crippen molar-refractivity contribution in [2.75, 3.05) is 0 Å². The van der Waals surface area contributed by atoms with E-state index in [0.717, 1.165) is 0 Å². The molecular weight excluding hydrogens is 610 g/mol. The Bertz CT molecular complexity index is 1820. The van der Waals surface area contributed by atoms with Gasteiger partial charge >= 0.3 is 23.9 Å². The lowest BCUT2D eigenvalue weighted by atomic mass is 9.77. The molecule has 3 aliphatic heterocycles. The largest absolute Gasteiger partial charge is 0.456 e. The number of esters is 3. The van der Waals surface area contributed by atoms with E-state index in [1.165, 1.54) is 30.3 Å². The Morgan fingerprint density at radius 1 is 0.702 bits per heavy atom. The van der Waals surface area contributed by atoms with Crippen LogP contribution in [0.15, 0.2) is 54.6 Å². The number of rotatable bonds is 4. The molecule has 0 radical (unpaired) electrons. The number of hydrogen-bond acceptors (Lipinski definition) is 11. The van der Waals surface area contributed by atoms with Crippen molar-refractivity contribution in [3.05, 3.63) is 82.4 Å². The number of benzene rings is 3. The second kappa shape index (κ2) is 10.8. The number of amides is 2. The SMILES string of the molecule is CC(C)(C)C(=O)Oc1ccc2c(c1)Oc1cc(OC(=O)C(C)(C)C)ccc1C21OC(=O)c2cc(C(=O)ON3C(=O)CCC3=O)ccc21. The van der Waals surface area contributed by atoms with Gasteiger partial charge < -0.3 is 23.8 Å². The van der Waals surface area contributed by atoms with Crippen LogP contribution >= 0.6 is 0 Å². The molecule has 0 unspecified atom stereocenters. The lowest BCUT2D eigenvalue weighted by Crippen LogP contribution is -2.33. The number of hydroxylamine groups is 2. The highest BCUT2D eigenvalue weighted by Gasteiger charge is 2.54. The Hall–Kier alpha value is -5.52. The minimum Gasteiger partial charge on any atom is -0.456 e. The van der Waals surface area contributed by atoms with Crippen LogP contribution in [-0.4, -0.2) is 40.8 Å². The first-order chi connectivity index (χ1) is 22.0. The lowest BCUT2D eigenvalue weighted by Gasteiger charge is -2.36. The van der Waals surface area contributed by atoms with Gasteiger partial charge in [-0.25, -0.2) is 9.59 Å². The molecule has 3 aliphatic rings. The minimum absolute atomic E-state index is 0.0313. The Kier molecular flexibility index (Phi) is 7.22. The van der Waals surface area contributed by atoms with Crippen molar-refractivity contribution in [3.8, 4) is 23.0 Å². The van der Waals surface area contributed by atoms with Crippen LogP contribution in [0.3, 0.4) is 0 Å². The van der Waals surface area contributed by atoms with Crippen LogP contribution in [0.1, 0.15) is 91.8 Å². The molecular formula is C35H31NO11. The molecule has 2 amide bonds. The molecule has 6 rings (SSSR count). The van der Waals surface area contributed by atoms with E-state index in [2.05, 4.69) is 0 Å². The summed E-state index contributed by atoms with van der Waals surface area (Å²) in [4.78, 5) is 80.8. The number of carbonyl (C=O) groups is 6. The summed E-state index contributed by atoms with van der Waals surface area (Å²) in [6.45, 7) is 10.3. The van der Waals surface area contributed by atoms with E-state index in [9.17, 15) is 28.8 Å². The Morgan fingerprint density at radius 3 is 1.68 bits per heavy atom. The zero-order valence-electron chi connectivity index (χ0n) is 26.5. The van der Waals surface area contributed by atoms with E-state index < -0.39 is 52.1 Å². The van der Waals surface area contributed by atoms with Crippen molar-refractivity contribution >= 4 is 35.7 Å². The van der Waals surface area contributed by atoms with Crippen molar-refractivity contribution in [2.45, 2.75) is 60.0 Å². The van der Waals surface area contributed by atoms with Gasteiger partial charge in [-0.15, -0.1) is 5.06 Å². The zero-order valence-corrected chi connectivity index (χ0v) is 26.5. The summed E-state index contributed by atoms with van der Waals surface area (Å²) in [7, 11) is 0. The van der Waals surface area contributed by atoms with Gasteiger partial charge in [-0.3, -0.25) is 19.2 Å². The molecule has 0 aliphatic carbocycles. The standard InChI is InChI=1S/C35H31NO11/c1-33(2,3)31(41)43-19-8-11-23-25(16-19)45-26-17-20(44-32(42)34(4,5)6)9-12-24(26)35(23)22-10-7-18(15-21(22)30(40)46-35)29(39)47-36-27(37)13-14-28(36)38/h7-12,15-17H,13-14H2,1-6H3. The smallest absolute Gasteiger partial charge is 0.363 e. The monoisotopic (exact) mass is 641 g/mol. The van der Waals surface area contributed by atoms with E-state index in [0.29, 0.717) is 21.8 Å². The number of hydrogen-bond donors (Lipinski definition) is 0. The molecule has 1 spiro atoms. The van der Waals surface area contributed by atoms with Crippen molar-refractivity contribution in [3.63, 3.8) is 0 Å². The van der Waals surface area contributed by atoms with Crippen LogP contribution in [0.2, 0.25) is 0 Å². The van der Waals surface area contributed by atoms with Crippen LogP contribution in [0, 0.1) is 10.8 Å². The predicted octanol–water partition coefficient (Wildman–Crippen LogP) is 5.38. The summed E-state index contributed by atoms with van der Waals surface area (Å²) < 4.78 is 23.6. The van der Waals surface area contributed by atoms with Crippen molar-refractivity contribution in [1.29, 1.82) is 0 Å². The molecule has 1 saturated heterocycles. The quantitative estimate of drug-likeness (QED) is 0.205. The van der Waals surface area contributed by atoms with E-state index >= 15 is 0 Å². The Balaban J connectivity index is 1.45. The first kappa shape index (κ1) is 31.5. The fourth-order valence-corrected chi connectivity index (χ4v) is 5.26. The van der Waals surface area contributed by atoms with Crippen molar-refractivity contribution in [2.24, 2.45) is 10.8 Å². The molecule has 47 heavy (non-hydrogen) atoms. The van der Waals surface area contributed by atoms with Crippen LogP contribution in [0.4, 0.5) is 0 Å². The molecule has 242 valence electrons. The maximum atomic E-state index is 13.6. The molecule has 0 saturated carbocycles.